The Morgan fingerprint density at radius 1 is 1.50 bits per heavy atom. The van der Waals surface area contributed by atoms with Crippen LogP contribution in [-0.2, 0) is 0 Å². The number of rotatable bonds is 4. The van der Waals surface area contributed by atoms with E-state index in [0.29, 0.717) is 0 Å². The molecule has 1 fully saturated rings. The van der Waals surface area contributed by atoms with Gasteiger partial charge in [-0.1, -0.05) is 37.2 Å². The average molecular weight is 266 g/mol. The molecule has 2 rings (SSSR count). The number of hydrogen-bond donors (Lipinski definition) is 1. The van der Waals surface area contributed by atoms with Gasteiger partial charge in [-0.15, -0.1) is 0 Å². The molecule has 0 bridgehead atoms. The minimum absolute atomic E-state index is 0.212. The first kappa shape index (κ1) is 13.6. The van der Waals surface area contributed by atoms with Crippen LogP contribution in [0.1, 0.15) is 31.7 Å². The number of hydrogen-bond acceptors (Lipinski definition) is 2. The first-order valence-corrected chi connectivity index (χ1v) is 6.89. The molecule has 2 atom stereocenters. The first-order valence-electron chi connectivity index (χ1n) is 6.52. The molecule has 2 unspecified atom stereocenters. The van der Waals surface area contributed by atoms with Crippen molar-refractivity contribution in [3.63, 3.8) is 0 Å². The molecule has 3 heteroatoms. The topological polar surface area (TPSA) is 23.5 Å². The zero-order valence-corrected chi connectivity index (χ0v) is 11.5. The fraction of sp³-hybridized carbons (Fsp3) is 0.467. The van der Waals surface area contributed by atoms with Crippen molar-refractivity contribution in [1.29, 1.82) is 0 Å². The molecule has 0 amide bonds. The Bertz CT molecular complexity index is 415. The number of aliphatic hydroxyl groups excluding tert-OH is 1. The molecule has 1 aromatic carbocycles. The van der Waals surface area contributed by atoms with E-state index in [4.69, 9.17) is 11.6 Å². The molecule has 1 saturated heterocycles. The minimum Gasteiger partial charge on any atom is -0.378 e. The van der Waals surface area contributed by atoms with Crippen LogP contribution in [0.15, 0.2) is 30.8 Å². The van der Waals surface area contributed by atoms with Crippen molar-refractivity contribution in [1.82, 2.24) is 4.90 Å². The Balaban J connectivity index is 2.17. The second-order valence-electron chi connectivity index (χ2n) is 4.82. The zero-order valence-electron chi connectivity index (χ0n) is 10.8. The van der Waals surface area contributed by atoms with E-state index < -0.39 is 0 Å². The lowest BCUT2D eigenvalue weighted by Gasteiger charge is -2.31. The van der Waals surface area contributed by atoms with Gasteiger partial charge in [-0.2, -0.15) is 0 Å². The summed E-state index contributed by atoms with van der Waals surface area (Å²) in [6.07, 6.45) is 2.56. The molecule has 1 aliphatic rings. The summed E-state index contributed by atoms with van der Waals surface area (Å²) in [5.41, 5.74) is 2.17. The van der Waals surface area contributed by atoms with Gasteiger partial charge in [-0.25, -0.2) is 0 Å². The highest BCUT2D eigenvalue weighted by atomic mass is 35.5. The first-order chi connectivity index (χ1) is 8.63. The summed E-state index contributed by atoms with van der Waals surface area (Å²) in [5, 5.41) is 10.7. The molecule has 0 spiro atoms. The largest absolute Gasteiger partial charge is 0.378 e. The highest BCUT2D eigenvalue weighted by molar-refractivity contribution is 6.30. The van der Waals surface area contributed by atoms with Gasteiger partial charge in [-0.3, -0.25) is 4.90 Å². The Labute approximate surface area is 114 Å². The molecule has 98 valence electrons. The summed E-state index contributed by atoms with van der Waals surface area (Å²) in [6.45, 7) is 7.30. The molecule has 0 radical (unpaired) electrons. The highest BCUT2D eigenvalue weighted by Crippen LogP contribution is 2.29. The molecule has 1 heterocycles. The van der Waals surface area contributed by atoms with Gasteiger partial charge in [0.25, 0.3) is 0 Å². The van der Waals surface area contributed by atoms with E-state index in [2.05, 4.69) is 18.4 Å². The molecule has 1 aliphatic heterocycles. The van der Waals surface area contributed by atoms with E-state index in [1.54, 1.807) is 0 Å². The van der Waals surface area contributed by atoms with Crippen LogP contribution in [0.3, 0.4) is 0 Å². The Hall–Kier alpha value is -0.830. The molecular formula is C15H20ClNO. The number of nitrogens with zero attached hydrogens (tertiary/aromatic N) is 1. The SMILES string of the molecule is C=C(c1ccc(Cl)cc1)C(CC)N1CCCC1O. The van der Waals surface area contributed by atoms with Crippen LogP contribution in [0, 0.1) is 0 Å². The van der Waals surface area contributed by atoms with Crippen molar-refractivity contribution < 1.29 is 5.11 Å². The van der Waals surface area contributed by atoms with Crippen LogP contribution in [0.4, 0.5) is 0 Å². The monoisotopic (exact) mass is 265 g/mol. The van der Waals surface area contributed by atoms with Crippen molar-refractivity contribution in [2.45, 2.75) is 38.5 Å². The van der Waals surface area contributed by atoms with Gasteiger partial charge in [0.15, 0.2) is 0 Å². The summed E-state index contributed by atoms with van der Waals surface area (Å²) in [4.78, 5) is 2.15. The molecule has 0 saturated carbocycles. The van der Waals surface area contributed by atoms with Crippen molar-refractivity contribution in [2.75, 3.05) is 6.54 Å². The number of benzene rings is 1. The Morgan fingerprint density at radius 2 is 2.17 bits per heavy atom. The third-order valence-corrected chi connectivity index (χ3v) is 3.92. The maximum Gasteiger partial charge on any atom is 0.107 e. The lowest BCUT2D eigenvalue weighted by molar-refractivity contribution is 0.0224. The van der Waals surface area contributed by atoms with Crippen LogP contribution in [0.25, 0.3) is 5.57 Å². The van der Waals surface area contributed by atoms with E-state index in [-0.39, 0.29) is 12.3 Å². The predicted molar refractivity (Wildman–Crippen MR) is 76.5 cm³/mol. The summed E-state index contributed by atoms with van der Waals surface area (Å²) < 4.78 is 0. The van der Waals surface area contributed by atoms with Crippen molar-refractivity contribution >= 4 is 17.2 Å². The minimum atomic E-state index is -0.320. The summed E-state index contributed by atoms with van der Waals surface area (Å²) in [7, 11) is 0. The van der Waals surface area contributed by atoms with E-state index in [1.807, 2.05) is 24.3 Å². The van der Waals surface area contributed by atoms with E-state index in [1.165, 1.54) is 0 Å². The Morgan fingerprint density at radius 3 is 2.67 bits per heavy atom. The third kappa shape index (κ3) is 2.77. The van der Waals surface area contributed by atoms with Gasteiger partial charge in [0.1, 0.15) is 6.23 Å². The average Bonchev–Trinajstić information content (AvgIpc) is 2.78. The van der Waals surface area contributed by atoms with Gasteiger partial charge >= 0.3 is 0 Å². The number of aliphatic hydroxyl groups is 1. The molecule has 0 aromatic heterocycles. The van der Waals surface area contributed by atoms with Crippen LogP contribution < -0.4 is 0 Å². The summed E-state index contributed by atoms with van der Waals surface area (Å²) >= 11 is 5.90. The van der Waals surface area contributed by atoms with Crippen LogP contribution in [-0.4, -0.2) is 28.8 Å². The van der Waals surface area contributed by atoms with Gasteiger partial charge < -0.3 is 5.11 Å². The fourth-order valence-electron chi connectivity index (χ4n) is 2.67. The number of likely N-dealkylation sites (tertiary alicyclic amines) is 1. The number of halogens is 1. The van der Waals surface area contributed by atoms with E-state index >= 15 is 0 Å². The maximum atomic E-state index is 9.99. The molecule has 1 N–H and O–H groups in total. The molecule has 2 nitrogen and oxygen atoms in total. The lowest BCUT2D eigenvalue weighted by atomic mass is 9.97. The quantitative estimate of drug-likeness (QED) is 0.900. The van der Waals surface area contributed by atoms with E-state index in [0.717, 1.165) is 42.0 Å². The van der Waals surface area contributed by atoms with Gasteiger partial charge in [-0.05, 0) is 42.5 Å². The zero-order chi connectivity index (χ0) is 13.1. The van der Waals surface area contributed by atoms with Crippen molar-refractivity contribution in [3.8, 4) is 0 Å². The normalized spacial score (nSPS) is 22.1. The molecule has 1 aromatic rings. The van der Waals surface area contributed by atoms with Gasteiger partial charge in [0, 0.05) is 17.6 Å². The second-order valence-corrected chi connectivity index (χ2v) is 5.25. The third-order valence-electron chi connectivity index (χ3n) is 3.67. The second kappa shape index (κ2) is 5.87. The molecule has 18 heavy (non-hydrogen) atoms. The summed E-state index contributed by atoms with van der Waals surface area (Å²) in [6, 6.07) is 7.97. The Kier molecular flexibility index (Phi) is 4.44. The predicted octanol–water partition coefficient (Wildman–Crippen LogP) is 3.55. The van der Waals surface area contributed by atoms with Crippen LogP contribution in [0.5, 0.6) is 0 Å². The highest BCUT2D eigenvalue weighted by Gasteiger charge is 2.29. The lowest BCUT2D eigenvalue weighted by Crippen LogP contribution is -2.39. The summed E-state index contributed by atoms with van der Waals surface area (Å²) in [5.74, 6) is 0. The molecule has 0 aliphatic carbocycles. The van der Waals surface area contributed by atoms with Crippen LogP contribution in [0.2, 0.25) is 5.02 Å². The van der Waals surface area contributed by atoms with E-state index in [9.17, 15) is 5.11 Å². The fourth-order valence-corrected chi connectivity index (χ4v) is 2.80. The van der Waals surface area contributed by atoms with Crippen LogP contribution >= 0.6 is 11.6 Å². The van der Waals surface area contributed by atoms with Crippen molar-refractivity contribution in [2.24, 2.45) is 0 Å². The maximum absolute atomic E-state index is 9.99. The standard InChI is InChI=1S/C15H20ClNO/c1-3-14(17-10-4-5-15(17)18)11(2)12-6-8-13(16)9-7-12/h6-9,14-15,18H,2-5,10H2,1H3. The smallest absolute Gasteiger partial charge is 0.107 e. The van der Waals surface area contributed by atoms with Gasteiger partial charge in [0.2, 0.25) is 0 Å². The van der Waals surface area contributed by atoms with Crippen molar-refractivity contribution in [3.05, 3.63) is 41.4 Å². The van der Waals surface area contributed by atoms with Gasteiger partial charge in [0.05, 0.1) is 0 Å². The molecular weight excluding hydrogens is 246 g/mol.